The lowest BCUT2D eigenvalue weighted by Gasteiger charge is -2.09. The Hall–Kier alpha value is -2.29. The number of imidazole rings is 1. The van der Waals surface area contributed by atoms with Crippen molar-refractivity contribution in [2.75, 3.05) is 13.2 Å². The number of carbonyl (C=O) groups is 2. The van der Waals surface area contributed by atoms with Gasteiger partial charge in [0.2, 0.25) is 5.78 Å². The van der Waals surface area contributed by atoms with Crippen molar-refractivity contribution in [3.8, 4) is 0 Å². The topological polar surface area (TPSA) is 133 Å². The largest absolute Gasteiger partial charge is 0.465 e. The molecule has 0 saturated heterocycles. The zero-order valence-electron chi connectivity index (χ0n) is 16.4. The van der Waals surface area contributed by atoms with Crippen LogP contribution in [0.25, 0.3) is 11.0 Å². The molecule has 0 amide bonds. The van der Waals surface area contributed by atoms with Crippen LogP contribution in [-0.2, 0) is 16.6 Å². The van der Waals surface area contributed by atoms with Crippen LogP contribution in [-0.4, -0.2) is 39.6 Å². The lowest BCUT2D eigenvalue weighted by molar-refractivity contribution is -0.145. The molecule has 0 saturated carbocycles. The van der Waals surface area contributed by atoms with Crippen molar-refractivity contribution in [1.29, 1.82) is 0 Å². The van der Waals surface area contributed by atoms with E-state index < -0.39 is 11.9 Å². The van der Waals surface area contributed by atoms with Crippen LogP contribution < -0.4 is 11.7 Å². The number of esters is 1. The van der Waals surface area contributed by atoms with E-state index in [1.807, 2.05) is 26.0 Å². The average molecular weight is 366 g/mol. The highest BCUT2D eigenvalue weighted by Gasteiger charge is 2.28. The van der Waals surface area contributed by atoms with Crippen LogP contribution in [0.15, 0.2) is 12.1 Å². The highest BCUT2D eigenvalue weighted by atomic mass is 16.5. The summed E-state index contributed by atoms with van der Waals surface area (Å²) in [6, 6.07) is 3.96. The summed E-state index contributed by atoms with van der Waals surface area (Å²) in [6.45, 7) is 9.49. The van der Waals surface area contributed by atoms with Gasteiger partial charge in [0, 0.05) is 13.7 Å². The number of benzene rings is 1. The molecule has 8 nitrogen and oxygen atoms in total. The lowest BCUT2D eigenvalue weighted by Crippen LogP contribution is -2.25. The molecule has 1 aromatic heterocycles. The number of Topliss-reactive ketones (excluding diaryl/α,β-unsaturated/α-hetero) is 1. The maximum Gasteiger partial charge on any atom is 0.316 e. The van der Waals surface area contributed by atoms with Crippen molar-refractivity contribution in [2.45, 2.75) is 34.6 Å². The first kappa shape index (κ1) is 23.7. The molecule has 2 aromatic rings. The molecule has 2 rings (SSSR count). The molecule has 0 aliphatic heterocycles. The van der Waals surface area contributed by atoms with Crippen molar-refractivity contribution in [3.63, 3.8) is 0 Å². The van der Waals surface area contributed by atoms with Crippen molar-refractivity contribution in [2.24, 2.45) is 24.7 Å². The number of carbonyl (C=O) groups excluding carboxylic acids is 2. The zero-order chi connectivity index (χ0) is 20.4. The summed E-state index contributed by atoms with van der Waals surface area (Å²) >= 11 is 0. The first-order valence-corrected chi connectivity index (χ1v) is 8.37. The van der Waals surface area contributed by atoms with Crippen molar-refractivity contribution in [1.82, 2.24) is 9.55 Å². The Morgan fingerprint density at radius 2 is 1.73 bits per heavy atom. The summed E-state index contributed by atoms with van der Waals surface area (Å²) in [5, 5.41) is 7.57. The quantitative estimate of drug-likeness (QED) is 0.245. The van der Waals surface area contributed by atoms with Crippen LogP contribution in [0.2, 0.25) is 0 Å². The standard InChI is InChI=1S/C16H20N2O3.C2H6O.H4N2/c1-6-21-16(20)11(4)14(19)15-17-12-7-9(2)10(3)8-13(12)18(15)5;1-2-3;1-2/h7-8,11H,6H2,1-5H3;3H,2H2,1H3;1-2H2. The van der Waals surface area contributed by atoms with Gasteiger partial charge in [0.25, 0.3) is 0 Å². The Balaban J connectivity index is 0.00000113. The SMILES string of the molecule is CCO.CCOC(=O)C(C)C(=O)c1nc2cc(C)c(C)cc2n1C.NN. The van der Waals surface area contributed by atoms with Crippen LogP contribution in [0.1, 0.15) is 42.5 Å². The number of rotatable bonds is 4. The summed E-state index contributed by atoms with van der Waals surface area (Å²) in [7, 11) is 1.79. The molecule has 26 heavy (non-hydrogen) atoms. The molecule has 1 unspecified atom stereocenters. The van der Waals surface area contributed by atoms with E-state index >= 15 is 0 Å². The number of ketones is 1. The van der Waals surface area contributed by atoms with Gasteiger partial charge >= 0.3 is 5.97 Å². The van der Waals surface area contributed by atoms with Crippen LogP contribution in [0.4, 0.5) is 0 Å². The predicted molar refractivity (Wildman–Crippen MR) is 101 cm³/mol. The Bertz CT molecular complexity index is 740. The van der Waals surface area contributed by atoms with E-state index in [0.29, 0.717) is 0 Å². The minimum atomic E-state index is -0.845. The van der Waals surface area contributed by atoms with Crippen molar-refractivity contribution in [3.05, 3.63) is 29.1 Å². The lowest BCUT2D eigenvalue weighted by atomic mass is 10.1. The summed E-state index contributed by atoms with van der Waals surface area (Å²) in [6.07, 6.45) is 0. The van der Waals surface area contributed by atoms with Gasteiger partial charge in [-0.1, -0.05) is 0 Å². The van der Waals surface area contributed by atoms with E-state index in [1.54, 1.807) is 32.4 Å². The number of aliphatic hydroxyl groups excluding tert-OH is 1. The van der Waals surface area contributed by atoms with Gasteiger partial charge in [-0.2, -0.15) is 0 Å². The first-order valence-electron chi connectivity index (χ1n) is 8.37. The summed E-state index contributed by atoms with van der Waals surface area (Å²) in [5.41, 5.74) is 3.92. The number of hydrazine groups is 1. The van der Waals surface area contributed by atoms with Gasteiger partial charge in [-0.15, -0.1) is 0 Å². The number of aryl methyl sites for hydroxylation is 3. The summed E-state index contributed by atoms with van der Waals surface area (Å²) < 4.78 is 6.64. The van der Waals surface area contributed by atoms with Crippen molar-refractivity contribution >= 4 is 22.8 Å². The maximum absolute atomic E-state index is 12.4. The van der Waals surface area contributed by atoms with E-state index in [0.717, 1.165) is 22.2 Å². The molecule has 1 heterocycles. The Morgan fingerprint density at radius 1 is 1.23 bits per heavy atom. The number of hydrogen-bond donors (Lipinski definition) is 3. The normalized spacial score (nSPS) is 11.0. The molecule has 0 fully saturated rings. The fourth-order valence-corrected chi connectivity index (χ4v) is 2.24. The molecule has 0 spiro atoms. The van der Waals surface area contributed by atoms with Gasteiger partial charge in [-0.25, -0.2) is 4.98 Å². The molecule has 0 aliphatic rings. The highest BCUT2D eigenvalue weighted by molar-refractivity contribution is 6.07. The number of aromatic nitrogens is 2. The van der Waals surface area contributed by atoms with Gasteiger partial charge in [-0.3, -0.25) is 21.3 Å². The number of ether oxygens (including phenoxy) is 1. The van der Waals surface area contributed by atoms with Gasteiger partial charge in [0.15, 0.2) is 5.82 Å². The second kappa shape index (κ2) is 11.3. The Morgan fingerprint density at radius 3 is 2.23 bits per heavy atom. The van der Waals surface area contributed by atoms with Crippen molar-refractivity contribution < 1.29 is 19.4 Å². The predicted octanol–water partition coefficient (Wildman–Crippen LogP) is 1.39. The van der Waals surface area contributed by atoms with E-state index in [9.17, 15) is 9.59 Å². The highest BCUT2D eigenvalue weighted by Crippen LogP contribution is 2.21. The van der Waals surface area contributed by atoms with Gasteiger partial charge in [0.05, 0.1) is 17.6 Å². The van der Waals surface area contributed by atoms with E-state index in [1.165, 1.54) is 0 Å². The minimum Gasteiger partial charge on any atom is -0.465 e. The third-order valence-electron chi connectivity index (χ3n) is 3.75. The molecule has 5 N–H and O–H groups in total. The molecule has 1 atom stereocenters. The van der Waals surface area contributed by atoms with E-state index in [2.05, 4.69) is 16.7 Å². The van der Waals surface area contributed by atoms with Gasteiger partial charge in [-0.05, 0) is 57.9 Å². The third kappa shape index (κ3) is 5.62. The second-order valence-electron chi connectivity index (χ2n) is 5.57. The molecule has 8 heteroatoms. The Kier molecular flexibility index (Phi) is 10.3. The Labute approximate surface area is 154 Å². The van der Waals surface area contributed by atoms with Crippen LogP contribution in [0.3, 0.4) is 0 Å². The van der Waals surface area contributed by atoms with E-state index in [4.69, 9.17) is 9.84 Å². The van der Waals surface area contributed by atoms with Crippen LogP contribution in [0, 0.1) is 19.8 Å². The fraction of sp³-hybridized carbons (Fsp3) is 0.500. The molecule has 146 valence electrons. The summed E-state index contributed by atoms with van der Waals surface area (Å²) in [5.74, 6) is 6.61. The monoisotopic (exact) mass is 366 g/mol. The zero-order valence-corrected chi connectivity index (χ0v) is 16.4. The molecular formula is C18H30N4O4. The first-order chi connectivity index (χ1) is 12.3. The number of fused-ring (bicyclic) bond motifs is 1. The smallest absolute Gasteiger partial charge is 0.316 e. The third-order valence-corrected chi connectivity index (χ3v) is 3.75. The number of hydrogen-bond acceptors (Lipinski definition) is 7. The number of nitrogens with two attached hydrogens (primary N) is 2. The van der Waals surface area contributed by atoms with E-state index in [-0.39, 0.29) is 24.8 Å². The number of nitrogens with zero attached hydrogens (tertiary/aromatic N) is 2. The van der Waals surface area contributed by atoms with Crippen LogP contribution in [0.5, 0.6) is 0 Å². The molecule has 0 radical (unpaired) electrons. The minimum absolute atomic E-state index is 0.250. The van der Waals surface area contributed by atoms with Gasteiger partial charge in [0.1, 0.15) is 5.92 Å². The molecule has 0 bridgehead atoms. The van der Waals surface area contributed by atoms with Gasteiger partial charge < -0.3 is 14.4 Å². The summed E-state index contributed by atoms with van der Waals surface area (Å²) in [4.78, 5) is 28.5. The molecule has 0 aliphatic carbocycles. The van der Waals surface area contributed by atoms with Crippen LogP contribution >= 0.6 is 0 Å². The molecule has 1 aromatic carbocycles. The number of aliphatic hydroxyl groups is 1. The fourth-order valence-electron chi connectivity index (χ4n) is 2.24. The second-order valence-corrected chi connectivity index (χ2v) is 5.57. The average Bonchev–Trinajstić information content (AvgIpc) is 2.93. The maximum atomic E-state index is 12.4. The molecular weight excluding hydrogens is 336 g/mol.